The lowest BCUT2D eigenvalue weighted by Gasteiger charge is -2.41. The summed E-state index contributed by atoms with van der Waals surface area (Å²) in [5, 5.41) is 4.24. The Labute approximate surface area is 122 Å². The number of nitrogens with two attached hydrogens (primary N) is 1. The molecule has 0 aliphatic heterocycles. The zero-order chi connectivity index (χ0) is 13.9. The van der Waals surface area contributed by atoms with E-state index in [0.29, 0.717) is 6.04 Å². The van der Waals surface area contributed by atoms with Crippen LogP contribution in [0.15, 0.2) is 12.3 Å². The lowest BCUT2D eigenvalue weighted by atomic mass is 9.66. The molecular formula is C17H29N3. The molecule has 0 bridgehead atoms. The van der Waals surface area contributed by atoms with Gasteiger partial charge in [0.15, 0.2) is 0 Å². The van der Waals surface area contributed by atoms with Gasteiger partial charge in [-0.05, 0) is 55.9 Å². The Morgan fingerprint density at radius 1 is 1.25 bits per heavy atom. The maximum absolute atomic E-state index is 6.51. The van der Waals surface area contributed by atoms with E-state index >= 15 is 0 Å². The van der Waals surface area contributed by atoms with Gasteiger partial charge < -0.3 is 5.73 Å². The van der Waals surface area contributed by atoms with Gasteiger partial charge >= 0.3 is 0 Å². The molecule has 1 aromatic heterocycles. The molecule has 2 aliphatic carbocycles. The summed E-state index contributed by atoms with van der Waals surface area (Å²) in [6, 6.07) is 2.50. The van der Waals surface area contributed by atoms with Gasteiger partial charge in [-0.2, -0.15) is 5.10 Å². The summed E-state index contributed by atoms with van der Waals surface area (Å²) in [6.45, 7) is 0. The lowest BCUT2D eigenvalue weighted by molar-refractivity contribution is 0.115. The van der Waals surface area contributed by atoms with Gasteiger partial charge in [0.05, 0.1) is 0 Å². The zero-order valence-corrected chi connectivity index (χ0v) is 12.8. The van der Waals surface area contributed by atoms with E-state index in [1.807, 2.05) is 17.9 Å². The number of rotatable bonds is 4. The number of hydrogen-bond donors (Lipinski definition) is 1. The Kier molecular flexibility index (Phi) is 4.45. The molecule has 3 rings (SSSR count). The molecule has 2 N–H and O–H groups in total. The molecule has 3 heteroatoms. The molecule has 4 unspecified atom stereocenters. The van der Waals surface area contributed by atoms with Crippen LogP contribution in [0.4, 0.5) is 0 Å². The van der Waals surface area contributed by atoms with E-state index in [2.05, 4.69) is 11.2 Å². The van der Waals surface area contributed by atoms with Crippen molar-refractivity contribution in [1.82, 2.24) is 9.78 Å². The fourth-order valence-corrected chi connectivity index (χ4v) is 4.50. The largest absolute Gasteiger partial charge is 0.327 e. The summed E-state index contributed by atoms with van der Waals surface area (Å²) in [5.74, 6) is 2.79. The van der Waals surface area contributed by atoms with Crippen molar-refractivity contribution in [3.8, 4) is 0 Å². The fourth-order valence-electron chi connectivity index (χ4n) is 4.50. The molecule has 2 saturated carbocycles. The Balaban J connectivity index is 1.50. The lowest BCUT2D eigenvalue weighted by Crippen LogP contribution is -2.38. The van der Waals surface area contributed by atoms with Crippen LogP contribution in [-0.4, -0.2) is 15.8 Å². The molecule has 2 fully saturated rings. The summed E-state index contributed by atoms with van der Waals surface area (Å²) in [5.41, 5.74) is 7.82. The van der Waals surface area contributed by atoms with Crippen molar-refractivity contribution in [3.63, 3.8) is 0 Å². The van der Waals surface area contributed by atoms with Crippen LogP contribution in [0.3, 0.4) is 0 Å². The first-order valence-corrected chi connectivity index (χ1v) is 8.46. The number of nitrogens with zero attached hydrogens (tertiary/aromatic N) is 2. The van der Waals surface area contributed by atoms with Gasteiger partial charge in [-0.15, -0.1) is 0 Å². The number of aryl methyl sites for hydroxylation is 2. The van der Waals surface area contributed by atoms with Crippen molar-refractivity contribution in [2.24, 2.45) is 30.5 Å². The Morgan fingerprint density at radius 3 is 2.80 bits per heavy atom. The fraction of sp³-hybridized carbons (Fsp3) is 0.824. The maximum Gasteiger partial charge on any atom is 0.0492 e. The van der Waals surface area contributed by atoms with Crippen LogP contribution < -0.4 is 5.73 Å². The average Bonchev–Trinajstić information content (AvgIpc) is 2.89. The molecule has 112 valence electrons. The van der Waals surface area contributed by atoms with Gasteiger partial charge in [-0.3, -0.25) is 4.68 Å². The molecule has 20 heavy (non-hydrogen) atoms. The third kappa shape index (κ3) is 3.08. The Bertz CT molecular complexity index is 426. The van der Waals surface area contributed by atoms with Gasteiger partial charge in [-0.25, -0.2) is 0 Å². The van der Waals surface area contributed by atoms with Crippen LogP contribution >= 0.6 is 0 Å². The summed E-state index contributed by atoms with van der Waals surface area (Å²) in [7, 11) is 2.02. The molecule has 0 aromatic carbocycles. The van der Waals surface area contributed by atoms with Crippen molar-refractivity contribution < 1.29 is 0 Å². The van der Waals surface area contributed by atoms with E-state index < -0.39 is 0 Å². The second kappa shape index (κ2) is 6.30. The van der Waals surface area contributed by atoms with Crippen LogP contribution in [0.25, 0.3) is 0 Å². The summed E-state index contributed by atoms with van der Waals surface area (Å²) < 4.78 is 1.98. The molecule has 0 amide bonds. The van der Waals surface area contributed by atoms with E-state index in [4.69, 9.17) is 5.73 Å². The molecule has 1 heterocycles. The van der Waals surface area contributed by atoms with Gasteiger partial charge in [0.1, 0.15) is 0 Å². The first-order valence-electron chi connectivity index (χ1n) is 8.46. The van der Waals surface area contributed by atoms with E-state index in [1.54, 1.807) is 0 Å². The molecule has 3 nitrogen and oxygen atoms in total. The Morgan fingerprint density at radius 2 is 2.05 bits per heavy atom. The van der Waals surface area contributed by atoms with Crippen LogP contribution in [0, 0.1) is 17.8 Å². The molecule has 2 aliphatic rings. The van der Waals surface area contributed by atoms with E-state index in [-0.39, 0.29) is 0 Å². The van der Waals surface area contributed by atoms with E-state index in [0.717, 1.165) is 30.6 Å². The predicted molar refractivity (Wildman–Crippen MR) is 82.3 cm³/mol. The standard InChI is InChI=1S/C17H29N3/c1-20-16(10-11-19-20)8-9-17(18)15-7-6-13-4-2-3-5-14(13)12-15/h10-11,13-15,17H,2-9,12,18H2,1H3. The van der Waals surface area contributed by atoms with Gasteiger partial charge in [-0.1, -0.05) is 25.7 Å². The van der Waals surface area contributed by atoms with E-state index in [9.17, 15) is 0 Å². The monoisotopic (exact) mass is 275 g/mol. The normalized spacial score (nSPS) is 31.8. The number of aromatic nitrogens is 2. The third-order valence-electron chi connectivity index (χ3n) is 5.84. The highest BCUT2D eigenvalue weighted by molar-refractivity contribution is 5.00. The topological polar surface area (TPSA) is 43.8 Å². The second-order valence-corrected chi connectivity index (χ2v) is 7.03. The average molecular weight is 275 g/mol. The molecule has 0 saturated heterocycles. The maximum atomic E-state index is 6.51. The van der Waals surface area contributed by atoms with Crippen LogP contribution in [0.1, 0.15) is 57.1 Å². The van der Waals surface area contributed by atoms with Crippen molar-refractivity contribution >= 4 is 0 Å². The quantitative estimate of drug-likeness (QED) is 0.916. The summed E-state index contributed by atoms with van der Waals surface area (Å²) >= 11 is 0. The number of hydrogen-bond acceptors (Lipinski definition) is 2. The van der Waals surface area contributed by atoms with Gasteiger partial charge in [0.25, 0.3) is 0 Å². The van der Waals surface area contributed by atoms with Crippen LogP contribution in [0.5, 0.6) is 0 Å². The molecule has 4 atom stereocenters. The van der Waals surface area contributed by atoms with Crippen molar-refractivity contribution in [2.75, 3.05) is 0 Å². The highest BCUT2D eigenvalue weighted by Gasteiger charge is 2.34. The smallest absolute Gasteiger partial charge is 0.0492 e. The number of fused-ring (bicyclic) bond motifs is 1. The van der Waals surface area contributed by atoms with Crippen molar-refractivity contribution in [3.05, 3.63) is 18.0 Å². The first-order chi connectivity index (χ1) is 9.74. The highest BCUT2D eigenvalue weighted by Crippen LogP contribution is 2.43. The summed E-state index contributed by atoms with van der Waals surface area (Å²) in [6.07, 6.45) is 14.2. The summed E-state index contributed by atoms with van der Waals surface area (Å²) in [4.78, 5) is 0. The first kappa shape index (κ1) is 14.1. The second-order valence-electron chi connectivity index (χ2n) is 7.03. The minimum absolute atomic E-state index is 0.382. The van der Waals surface area contributed by atoms with E-state index in [1.165, 1.54) is 50.6 Å². The third-order valence-corrected chi connectivity index (χ3v) is 5.84. The molecular weight excluding hydrogens is 246 g/mol. The molecule has 0 radical (unpaired) electrons. The van der Waals surface area contributed by atoms with Gasteiger partial charge in [0.2, 0.25) is 0 Å². The minimum Gasteiger partial charge on any atom is -0.327 e. The van der Waals surface area contributed by atoms with Crippen LogP contribution in [0.2, 0.25) is 0 Å². The van der Waals surface area contributed by atoms with Crippen molar-refractivity contribution in [1.29, 1.82) is 0 Å². The van der Waals surface area contributed by atoms with Crippen molar-refractivity contribution in [2.45, 2.75) is 63.8 Å². The zero-order valence-electron chi connectivity index (χ0n) is 12.8. The predicted octanol–water partition coefficient (Wildman–Crippen LogP) is 3.29. The van der Waals surface area contributed by atoms with Crippen LogP contribution in [-0.2, 0) is 13.5 Å². The molecule has 0 spiro atoms. The minimum atomic E-state index is 0.382. The highest BCUT2D eigenvalue weighted by atomic mass is 15.2. The van der Waals surface area contributed by atoms with Gasteiger partial charge in [0, 0.05) is 25.0 Å². The SMILES string of the molecule is Cn1nccc1CCC(N)C1CCC2CCCCC2C1. The Hall–Kier alpha value is -0.830. The molecule has 1 aromatic rings.